The van der Waals surface area contributed by atoms with E-state index >= 15 is 0 Å². The zero-order chi connectivity index (χ0) is 13.0. The van der Waals surface area contributed by atoms with E-state index in [4.69, 9.17) is 5.73 Å². The van der Waals surface area contributed by atoms with Crippen LogP contribution in [0.1, 0.15) is 5.56 Å². The van der Waals surface area contributed by atoms with Crippen molar-refractivity contribution < 1.29 is 8.78 Å². The van der Waals surface area contributed by atoms with Gasteiger partial charge in [-0.25, -0.2) is 8.78 Å². The summed E-state index contributed by atoms with van der Waals surface area (Å²) in [5.74, 6) is -1.10. The summed E-state index contributed by atoms with van der Waals surface area (Å²) in [4.78, 5) is 1.37. The minimum Gasteiger partial charge on any atom is -0.330 e. The summed E-state index contributed by atoms with van der Waals surface area (Å²) in [5, 5.41) is 0. The number of benzene rings is 2. The molecule has 0 radical (unpaired) electrons. The molecule has 0 fully saturated rings. The molecule has 2 rings (SSSR count). The summed E-state index contributed by atoms with van der Waals surface area (Å²) >= 11 is 1.29. The third kappa shape index (κ3) is 3.09. The van der Waals surface area contributed by atoms with Gasteiger partial charge in [-0.05, 0) is 36.7 Å². The highest BCUT2D eigenvalue weighted by Gasteiger charge is 2.08. The summed E-state index contributed by atoms with van der Waals surface area (Å²) in [6.45, 7) is 0.545. The van der Waals surface area contributed by atoms with Crippen molar-refractivity contribution in [1.82, 2.24) is 0 Å². The largest absolute Gasteiger partial charge is 0.330 e. The number of hydrogen-bond acceptors (Lipinski definition) is 2. The Morgan fingerprint density at radius 2 is 1.78 bits per heavy atom. The fraction of sp³-hybridized carbons (Fsp3) is 0.143. The molecule has 0 atom stereocenters. The van der Waals surface area contributed by atoms with E-state index in [2.05, 4.69) is 0 Å². The lowest BCUT2D eigenvalue weighted by atomic mass is 10.1. The van der Waals surface area contributed by atoms with Crippen molar-refractivity contribution in [2.45, 2.75) is 16.2 Å². The minimum atomic E-state index is -0.563. The van der Waals surface area contributed by atoms with Crippen molar-refractivity contribution in [2.75, 3.05) is 6.54 Å². The van der Waals surface area contributed by atoms with Crippen LogP contribution < -0.4 is 5.73 Å². The van der Waals surface area contributed by atoms with Crippen LogP contribution in [0.3, 0.4) is 0 Å². The first-order valence-electron chi connectivity index (χ1n) is 5.61. The van der Waals surface area contributed by atoms with Gasteiger partial charge in [-0.2, -0.15) is 0 Å². The Morgan fingerprint density at radius 3 is 2.50 bits per heavy atom. The van der Waals surface area contributed by atoms with Crippen molar-refractivity contribution in [2.24, 2.45) is 5.73 Å². The summed E-state index contributed by atoms with van der Waals surface area (Å²) in [6.07, 6.45) is 0.742. The van der Waals surface area contributed by atoms with Crippen molar-refractivity contribution in [1.29, 1.82) is 0 Å². The van der Waals surface area contributed by atoms with Gasteiger partial charge in [-0.15, -0.1) is 0 Å². The van der Waals surface area contributed by atoms with E-state index in [0.29, 0.717) is 11.4 Å². The van der Waals surface area contributed by atoms with Gasteiger partial charge in [0.25, 0.3) is 0 Å². The summed E-state index contributed by atoms with van der Waals surface area (Å²) in [7, 11) is 0. The molecular weight excluding hydrogens is 252 g/mol. The topological polar surface area (TPSA) is 26.0 Å². The van der Waals surface area contributed by atoms with E-state index in [1.54, 1.807) is 0 Å². The molecule has 2 aromatic rings. The molecule has 2 aromatic carbocycles. The first-order chi connectivity index (χ1) is 8.70. The average Bonchev–Trinajstić information content (AvgIpc) is 2.35. The first kappa shape index (κ1) is 13.1. The Hall–Kier alpha value is -1.39. The van der Waals surface area contributed by atoms with Crippen LogP contribution in [-0.4, -0.2) is 6.54 Å². The standard InChI is InChI=1S/C14H13F2NS/c15-11-5-6-14(12(16)9-11)18-13-4-2-1-3-10(13)7-8-17/h1-6,9H,7-8,17H2. The third-order valence-electron chi connectivity index (χ3n) is 2.50. The first-order valence-corrected chi connectivity index (χ1v) is 6.43. The molecular formula is C14H13F2NS. The maximum Gasteiger partial charge on any atom is 0.140 e. The second kappa shape index (κ2) is 5.98. The molecule has 0 aromatic heterocycles. The van der Waals surface area contributed by atoms with Crippen molar-refractivity contribution in [3.8, 4) is 0 Å². The summed E-state index contributed by atoms with van der Waals surface area (Å²) < 4.78 is 26.4. The van der Waals surface area contributed by atoms with E-state index < -0.39 is 11.6 Å². The van der Waals surface area contributed by atoms with Gasteiger partial charge in [0.2, 0.25) is 0 Å². The highest BCUT2D eigenvalue weighted by atomic mass is 32.2. The van der Waals surface area contributed by atoms with Gasteiger partial charge < -0.3 is 5.73 Å². The molecule has 1 nitrogen and oxygen atoms in total. The molecule has 0 heterocycles. The number of rotatable bonds is 4. The molecule has 0 aliphatic rings. The van der Waals surface area contributed by atoms with Gasteiger partial charge in [0.15, 0.2) is 0 Å². The lowest BCUT2D eigenvalue weighted by Gasteiger charge is -2.08. The minimum absolute atomic E-state index is 0.417. The fourth-order valence-electron chi connectivity index (χ4n) is 1.64. The van der Waals surface area contributed by atoms with E-state index in [0.717, 1.165) is 22.9 Å². The highest BCUT2D eigenvalue weighted by molar-refractivity contribution is 7.99. The monoisotopic (exact) mass is 265 g/mol. The molecule has 0 bridgehead atoms. The smallest absolute Gasteiger partial charge is 0.140 e. The molecule has 0 aliphatic heterocycles. The maximum atomic E-state index is 13.6. The third-order valence-corrected chi connectivity index (χ3v) is 3.67. The molecule has 0 unspecified atom stereocenters. The zero-order valence-electron chi connectivity index (χ0n) is 9.70. The molecule has 0 saturated heterocycles. The predicted molar refractivity (Wildman–Crippen MR) is 69.7 cm³/mol. The number of hydrogen-bond donors (Lipinski definition) is 1. The summed E-state index contributed by atoms with van der Waals surface area (Å²) in [5.41, 5.74) is 6.62. The Balaban J connectivity index is 2.28. The fourth-order valence-corrected chi connectivity index (χ4v) is 2.62. The van der Waals surface area contributed by atoms with Crippen LogP contribution in [0, 0.1) is 11.6 Å². The van der Waals surface area contributed by atoms with E-state index in [-0.39, 0.29) is 0 Å². The van der Waals surface area contributed by atoms with Crippen LogP contribution in [0.25, 0.3) is 0 Å². The van der Waals surface area contributed by atoms with Gasteiger partial charge in [0.05, 0.1) is 0 Å². The lowest BCUT2D eigenvalue weighted by Crippen LogP contribution is -2.03. The molecule has 0 saturated carbocycles. The molecule has 94 valence electrons. The van der Waals surface area contributed by atoms with Crippen molar-refractivity contribution in [3.05, 3.63) is 59.7 Å². The molecule has 4 heteroatoms. The normalized spacial score (nSPS) is 10.6. The molecule has 2 N–H and O–H groups in total. The Morgan fingerprint density at radius 1 is 1.00 bits per heavy atom. The maximum absolute atomic E-state index is 13.6. The SMILES string of the molecule is NCCc1ccccc1Sc1ccc(F)cc1F. The number of halogens is 2. The van der Waals surface area contributed by atoms with E-state index in [1.165, 1.54) is 23.9 Å². The van der Waals surface area contributed by atoms with Crippen LogP contribution in [0.2, 0.25) is 0 Å². The molecule has 0 spiro atoms. The van der Waals surface area contributed by atoms with Crippen molar-refractivity contribution >= 4 is 11.8 Å². The quantitative estimate of drug-likeness (QED) is 0.913. The van der Waals surface area contributed by atoms with Crippen molar-refractivity contribution in [3.63, 3.8) is 0 Å². The van der Waals surface area contributed by atoms with Crippen LogP contribution in [0.4, 0.5) is 8.78 Å². The summed E-state index contributed by atoms with van der Waals surface area (Å²) in [6, 6.07) is 11.3. The van der Waals surface area contributed by atoms with Gasteiger partial charge >= 0.3 is 0 Å². The van der Waals surface area contributed by atoms with Crippen LogP contribution in [-0.2, 0) is 6.42 Å². The van der Waals surface area contributed by atoms with Crippen LogP contribution >= 0.6 is 11.8 Å². The predicted octanol–water partition coefficient (Wildman–Crippen LogP) is 3.62. The highest BCUT2D eigenvalue weighted by Crippen LogP contribution is 2.32. The molecule has 0 aliphatic carbocycles. The number of nitrogens with two attached hydrogens (primary N) is 1. The van der Waals surface area contributed by atoms with Gasteiger partial charge in [-0.1, -0.05) is 30.0 Å². The van der Waals surface area contributed by atoms with Gasteiger partial charge in [0, 0.05) is 15.9 Å². The van der Waals surface area contributed by atoms with Crippen LogP contribution in [0.15, 0.2) is 52.3 Å². The van der Waals surface area contributed by atoms with Crippen LogP contribution in [0.5, 0.6) is 0 Å². The molecule has 0 amide bonds. The molecule has 18 heavy (non-hydrogen) atoms. The Bertz CT molecular complexity index is 543. The Kier molecular flexibility index (Phi) is 4.33. The Labute approximate surface area is 109 Å². The average molecular weight is 265 g/mol. The van der Waals surface area contributed by atoms with E-state index in [9.17, 15) is 8.78 Å². The van der Waals surface area contributed by atoms with E-state index in [1.807, 2.05) is 24.3 Å². The van der Waals surface area contributed by atoms with Gasteiger partial charge in [-0.3, -0.25) is 0 Å². The second-order valence-electron chi connectivity index (χ2n) is 3.82. The van der Waals surface area contributed by atoms with Gasteiger partial charge in [0.1, 0.15) is 11.6 Å². The second-order valence-corrected chi connectivity index (χ2v) is 4.91. The lowest BCUT2D eigenvalue weighted by molar-refractivity contribution is 0.565. The zero-order valence-corrected chi connectivity index (χ0v) is 10.5.